The summed E-state index contributed by atoms with van der Waals surface area (Å²) < 4.78 is 34.0. The number of carbonyl (C=O) groups excluding carboxylic acids is 1. The van der Waals surface area contributed by atoms with Crippen LogP contribution in [0.5, 0.6) is 0 Å². The van der Waals surface area contributed by atoms with E-state index in [1.54, 1.807) is 18.2 Å². The van der Waals surface area contributed by atoms with Gasteiger partial charge in [0, 0.05) is 11.6 Å². The van der Waals surface area contributed by atoms with Gasteiger partial charge in [-0.25, -0.2) is 13.2 Å². The van der Waals surface area contributed by atoms with Crippen LogP contribution >= 0.6 is 11.6 Å². The van der Waals surface area contributed by atoms with Crippen molar-refractivity contribution in [3.05, 3.63) is 95.0 Å². The second-order valence-corrected chi connectivity index (χ2v) is 10.1. The summed E-state index contributed by atoms with van der Waals surface area (Å²) in [6.45, 7) is 0.390. The van der Waals surface area contributed by atoms with E-state index >= 15 is 0 Å². The number of fused-ring (bicyclic) bond motifs is 1. The summed E-state index contributed by atoms with van der Waals surface area (Å²) in [5, 5.41) is 3.20. The highest BCUT2D eigenvalue weighted by Crippen LogP contribution is 2.35. The number of hydrogen-bond acceptors (Lipinski definition) is 4. The fraction of sp³-hybridized carbons (Fsp3) is 0.240. The van der Waals surface area contributed by atoms with Crippen molar-refractivity contribution in [2.45, 2.75) is 30.2 Å². The van der Waals surface area contributed by atoms with Crippen LogP contribution in [0.25, 0.3) is 0 Å². The van der Waals surface area contributed by atoms with E-state index in [0.29, 0.717) is 36.5 Å². The van der Waals surface area contributed by atoms with Crippen molar-refractivity contribution in [3.8, 4) is 0 Å². The minimum atomic E-state index is -3.88. The van der Waals surface area contributed by atoms with E-state index in [2.05, 4.69) is 5.32 Å². The molecule has 1 N–H and O–H groups in total. The molecular weight excluding hydrogens is 460 g/mol. The Hall–Kier alpha value is -3.03. The molecule has 0 saturated carbocycles. The first-order valence-electron chi connectivity index (χ1n) is 10.8. The molecule has 8 heteroatoms. The highest BCUT2D eigenvalue weighted by molar-refractivity contribution is 7.92. The fourth-order valence-corrected chi connectivity index (χ4v) is 5.78. The Balaban J connectivity index is 1.47. The van der Waals surface area contributed by atoms with Gasteiger partial charge in [0.2, 0.25) is 0 Å². The third-order valence-corrected chi connectivity index (χ3v) is 7.74. The molecule has 0 aliphatic carbocycles. The van der Waals surface area contributed by atoms with Gasteiger partial charge in [-0.2, -0.15) is 0 Å². The number of rotatable bonds is 7. The van der Waals surface area contributed by atoms with E-state index in [4.69, 9.17) is 16.3 Å². The van der Waals surface area contributed by atoms with Gasteiger partial charge in [-0.1, -0.05) is 60.1 Å². The van der Waals surface area contributed by atoms with Crippen LogP contribution < -0.4 is 9.62 Å². The normalized spacial score (nSPS) is 15.5. The smallest absolute Gasteiger partial charge is 0.407 e. The van der Waals surface area contributed by atoms with Crippen LogP contribution in [0.2, 0.25) is 5.02 Å². The molecular formula is C25H25ClN2O4S. The highest BCUT2D eigenvalue weighted by Gasteiger charge is 2.36. The Morgan fingerprint density at radius 3 is 2.45 bits per heavy atom. The molecule has 1 atom stereocenters. The first-order valence-corrected chi connectivity index (χ1v) is 12.6. The Kier molecular flexibility index (Phi) is 7.20. The Labute approximate surface area is 199 Å². The molecule has 0 bridgehead atoms. The Morgan fingerprint density at radius 2 is 1.70 bits per heavy atom. The quantitative estimate of drug-likeness (QED) is 0.521. The third kappa shape index (κ3) is 5.49. The molecule has 4 rings (SSSR count). The van der Waals surface area contributed by atoms with E-state index in [1.807, 2.05) is 48.5 Å². The molecule has 6 nitrogen and oxygen atoms in total. The largest absolute Gasteiger partial charge is 0.447 e. The number of nitrogens with zero attached hydrogens (tertiary/aromatic N) is 1. The van der Waals surface area contributed by atoms with Gasteiger partial charge in [0.25, 0.3) is 10.0 Å². The number of benzene rings is 3. The summed E-state index contributed by atoms with van der Waals surface area (Å²) >= 11 is 5.95. The zero-order valence-corrected chi connectivity index (χ0v) is 19.6. The lowest BCUT2D eigenvalue weighted by Crippen LogP contribution is -2.47. The third-order valence-electron chi connectivity index (χ3n) is 5.61. The zero-order valence-electron chi connectivity index (χ0n) is 18.0. The molecule has 0 spiro atoms. The van der Waals surface area contributed by atoms with E-state index in [-0.39, 0.29) is 11.5 Å². The van der Waals surface area contributed by atoms with E-state index < -0.39 is 22.2 Å². The molecule has 0 aromatic heterocycles. The predicted octanol–water partition coefficient (Wildman–Crippen LogP) is 4.82. The van der Waals surface area contributed by atoms with E-state index in [1.165, 1.54) is 16.4 Å². The van der Waals surface area contributed by atoms with Crippen molar-refractivity contribution in [3.63, 3.8) is 0 Å². The van der Waals surface area contributed by atoms with Gasteiger partial charge in [-0.05, 0) is 60.7 Å². The standard InChI is InChI=1S/C25H25ClN2O4S/c26-21-11-14-23(15-12-21)33(30,31)28-22(13-10-20-8-4-5-9-24(20)28)18-32-25(29)27-17-16-19-6-2-1-3-7-19/h1-9,11-12,14-15,22H,10,13,16-18H2,(H,27,29). The summed E-state index contributed by atoms with van der Waals surface area (Å²) in [4.78, 5) is 12.4. The highest BCUT2D eigenvalue weighted by atomic mass is 35.5. The maximum Gasteiger partial charge on any atom is 0.407 e. The number of ether oxygens (including phenoxy) is 1. The van der Waals surface area contributed by atoms with Crippen molar-refractivity contribution < 1.29 is 17.9 Å². The molecule has 0 saturated heterocycles. The van der Waals surface area contributed by atoms with Crippen molar-refractivity contribution >= 4 is 33.4 Å². The molecule has 3 aromatic rings. The number of nitrogens with one attached hydrogen (secondary N) is 1. The maximum absolute atomic E-state index is 13.6. The number of alkyl carbamates (subject to hydrolysis) is 1. The van der Waals surface area contributed by atoms with Gasteiger partial charge in [0.05, 0.1) is 16.6 Å². The predicted molar refractivity (Wildman–Crippen MR) is 129 cm³/mol. The van der Waals surface area contributed by atoms with Crippen LogP contribution in [0.15, 0.2) is 83.8 Å². The first-order chi connectivity index (χ1) is 15.9. The Bertz CT molecular complexity index is 1200. The maximum atomic E-state index is 13.6. The molecule has 1 amide bonds. The number of para-hydroxylation sites is 1. The summed E-state index contributed by atoms with van der Waals surface area (Å²) in [6.07, 6.45) is 1.37. The van der Waals surface area contributed by atoms with Gasteiger partial charge in [-0.3, -0.25) is 4.31 Å². The summed E-state index contributed by atoms with van der Waals surface area (Å²) in [7, 11) is -3.88. The van der Waals surface area contributed by atoms with Crippen LogP contribution in [0, 0.1) is 0 Å². The number of hydrogen-bond donors (Lipinski definition) is 1. The lowest BCUT2D eigenvalue weighted by atomic mass is 9.98. The van der Waals surface area contributed by atoms with Gasteiger partial charge >= 0.3 is 6.09 Å². The second kappa shape index (κ2) is 10.3. The van der Waals surface area contributed by atoms with E-state index in [9.17, 15) is 13.2 Å². The number of halogens is 1. The topological polar surface area (TPSA) is 75.7 Å². The first kappa shape index (κ1) is 23.1. The molecule has 172 valence electrons. The average molecular weight is 485 g/mol. The minimum absolute atomic E-state index is 0.0433. The number of aryl methyl sites for hydroxylation is 1. The number of carbonyl (C=O) groups is 1. The monoisotopic (exact) mass is 484 g/mol. The number of amides is 1. The second-order valence-electron chi connectivity index (χ2n) is 7.84. The van der Waals surface area contributed by atoms with Crippen molar-refractivity contribution in [1.29, 1.82) is 0 Å². The zero-order chi connectivity index (χ0) is 23.3. The van der Waals surface area contributed by atoms with E-state index in [0.717, 1.165) is 11.1 Å². The van der Waals surface area contributed by atoms with Crippen LogP contribution in [-0.4, -0.2) is 33.7 Å². The van der Waals surface area contributed by atoms with Crippen LogP contribution in [0.3, 0.4) is 0 Å². The summed E-state index contributed by atoms with van der Waals surface area (Å²) in [6, 6.07) is 22.8. The van der Waals surface area contributed by atoms with Gasteiger partial charge in [0.1, 0.15) is 6.61 Å². The summed E-state index contributed by atoms with van der Waals surface area (Å²) in [5.74, 6) is 0. The Morgan fingerprint density at radius 1 is 1.00 bits per heavy atom. The minimum Gasteiger partial charge on any atom is -0.447 e. The molecule has 1 unspecified atom stereocenters. The van der Waals surface area contributed by atoms with Crippen LogP contribution in [0.4, 0.5) is 10.5 Å². The molecule has 0 fully saturated rings. The molecule has 0 radical (unpaired) electrons. The van der Waals surface area contributed by atoms with Gasteiger partial charge < -0.3 is 10.1 Å². The van der Waals surface area contributed by atoms with Gasteiger partial charge in [-0.15, -0.1) is 0 Å². The van der Waals surface area contributed by atoms with Crippen molar-refractivity contribution in [2.75, 3.05) is 17.5 Å². The van der Waals surface area contributed by atoms with Crippen LogP contribution in [0.1, 0.15) is 17.5 Å². The average Bonchev–Trinajstić information content (AvgIpc) is 2.83. The fourth-order valence-electron chi connectivity index (χ4n) is 3.95. The molecule has 1 heterocycles. The lowest BCUT2D eigenvalue weighted by molar-refractivity contribution is 0.138. The van der Waals surface area contributed by atoms with Crippen LogP contribution in [-0.2, 0) is 27.6 Å². The number of anilines is 1. The van der Waals surface area contributed by atoms with Crippen molar-refractivity contribution in [1.82, 2.24) is 5.32 Å². The summed E-state index contributed by atoms with van der Waals surface area (Å²) in [5.41, 5.74) is 2.66. The molecule has 3 aromatic carbocycles. The van der Waals surface area contributed by atoms with Crippen molar-refractivity contribution in [2.24, 2.45) is 0 Å². The lowest BCUT2D eigenvalue weighted by Gasteiger charge is -2.37. The SMILES string of the molecule is O=C(NCCc1ccccc1)OCC1CCc2ccccc2N1S(=O)(=O)c1ccc(Cl)cc1. The van der Waals surface area contributed by atoms with Gasteiger partial charge in [0.15, 0.2) is 0 Å². The number of sulfonamides is 1. The molecule has 1 aliphatic heterocycles. The molecule has 1 aliphatic rings. The molecule has 33 heavy (non-hydrogen) atoms.